The molecule has 0 spiro atoms. The van der Waals surface area contributed by atoms with Gasteiger partial charge in [-0.25, -0.2) is 13.1 Å². The molecule has 27 heavy (non-hydrogen) atoms. The number of rotatable bonds is 8. The minimum Gasteiger partial charge on any atom is -0.393 e. The average molecular weight is 518 g/mol. The Hall–Kier alpha value is -0.170. The van der Waals surface area contributed by atoms with E-state index in [1.807, 2.05) is 6.92 Å². The molecular weight excluding hydrogens is 483 g/mol. The summed E-state index contributed by atoms with van der Waals surface area (Å²) in [4.78, 5) is 4.39. The van der Waals surface area contributed by atoms with E-state index >= 15 is 0 Å². The van der Waals surface area contributed by atoms with Gasteiger partial charge in [0.05, 0.1) is 24.5 Å². The van der Waals surface area contributed by atoms with Crippen molar-refractivity contribution in [1.82, 2.24) is 15.4 Å². The molecule has 2 fully saturated rings. The molecule has 0 bridgehead atoms. The molecule has 0 aromatic rings. The number of hydrogen-bond donors (Lipinski definition) is 4. The first-order valence-corrected chi connectivity index (χ1v) is 11.5. The van der Waals surface area contributed by atoms with Crippen molar-refractivity contribution in [3.05, 3.63) is 0 Å². The number of aliphatic imine (C=N–C) groups is 1. The predicted octanol–water partition coefficient (Wildman–Crippen LogP) is 0.952. The topological polar surface area (TPSA) is 112 Å². The standard InChI is InChI=1S/C17H34N4O4S.HI/c1-2-18-17(21-14-6-8-15(22)9-7-14)19-10-12-26(23,24)20-13-16-5-3-4-11-25-16;/h14-16,20,22H,2-13H2,1H3,(H2,18,19,21);1H. The van der Waals surface area contributed by atoms with E-state index in [2.05, 4.69) is 20.3 Å². The van der Waals surface area contributed by atoms with Gasteiger partial charge in [0.15, 0.2) is 5.96 Å². The maximum absolute atomic E-state index is 12.1. The number of guanidine groups is 1. The highest BCUT2D eigenvalue weighted by Gasteiger charge is 2.20. The monoisotopic (exact) mass is 518 g/mol. The van der Waals surface area contributed by atoms with Crippen molar-refractivity contribution >= 4 is 40.0 Å². The van der Waals surface area contributed by atoms with Crippen LogP contribution >= 0.6 is 24.0 Å². The molecular formula is C17H35IN4O4S. The van der Waals surface area contributed by atoms with Crippen LogP contribution in [0.3, 0.4) is 0 Å². The zero-order valence-electron chi connectivity index (χ0n) is 16.2. The van der Waals surface area contributed by atoms with Crippen LogP contribution in [0.4, 0.5) is 0 Å². The molecule has 1 aliphatic heterocycles. The Kier molecular flexibility index (Phi) is 12.1. The molecule has 0 amide bonds. The third-order valence-corrected chi connectivity index (χ3v) is 6.14. The molecule has 4 N–H and O–H groups in total. The molecule has 10 heteroatoms. The van der Waals surface area contributed by atoms with E-state index in [4.69, 9.17) is 4.74 Å². The van der Waals surface area contributed by atoms with Gasteiger partial charge in [0.25, 0.3) is 0 Å². The molecule has 8 nitrogen and oxygen atoms in total. The van der Waals surface area contributed by atoms with Gasteiger partial charge in [-0.2, -0.15) is 0 Å². The van der Waals surface area contributed by atoms with E-state index in [1.54, 1.807) is 0 Å². The maximum Gasteiger partial charge on any atom is 0.213 e. The van der Waals surface area contributed by atoms with Gasteiger partial charge in [-0.15, -0.1) is 24.0 Å². The maximum atomic E-state index is 12.1. The molecule has 1 saturated heterocycles. The van der Waals surface area contributed by atoms with E-state index in [1.165, 1.54) is 0 Å². The lowest BCUT2D eigenvalue weighted by Crippen LogP contribution is -2.45. The van der Waals surface area contributed by atoms with Gasteiger partial charge in [-0.1, -0.05) is 0 Å². The van der Waals surface area contributed by atoms with Crippen LogP contribution in [-0.2, 0) is 14.8 Å². The lowest BCUT2D eigenvalue weighted by molar-refractivity contribution is 0.0200. The van der Waals surface area contributed by atoms with Gasteiger partial charge in [0, 0.05) is 25.7 Å². The van der Waals surface area contributed by atoms with E-state index in [9.17, 15) is 13.5 Å². The lowest BCUT2D eigenvalue weighted by Gasteiger charge is -2.27. The van der Waals surface area contributed by atoms with Gasteiger partial charge in [0.2, 0.25) is 10.0 Å². The summed E-state index contributed by atoms with van der Waals surface area (Å²) < 4.78 is 32.4. The zero-order chi connectivity index (χ0) is 18.8. The van der Waals surface area contributed by atoms with E-state index in [0.717, 1.165) is 44.9 Å². The Morgan fingerprint density at radius 3 is 2.56 bits per heavy atom. The molecule has 2 rings (SSSR count). The van der Waals surface area contributed by atoms with Crippen molar-refractivity contribution in [3.63, 3.8) is 0 Å². The van der Waals surface area contributed by atoms with Gasteiger partial charge in [0.1, 0.15) is 0 Å². The fourth-order valence-corrected chi connectivity index (χ4v) is 4.19. The first kappa shape index (κ1) is 24.9. The number of nitrogens with one attached hydrogen (secondary N) is 3. The SMILES string of the molecule is CCNC(=NCCS(=O)(=O)NCC1CCCCO1)NC1CCC(O)CC1.I. The summed E-state index contributed by atoms with van der Waals surface area (Å²) in [6.07, 6.45) is 6.21. The van der Waals surface area contributed by atoms with Crippen molar-refractivity contribution in [1.29, 1.82) is 0 Å². The van der Waals surface area contributed by atoms with Crippen molar-refractivity contribution in [2.24, 2.45) is 4.99 Å². The number of aliphatic hydroxyl groups excluding tert-OH is 1. The molecule has 0 aromatic heterocycles. The Morgan fingerprint density at radius 1 is 1.19 bits per heavy atom. The number of nitrogens with zero attached hydrogens (tertiary/aromatic N) is 1. The van der Waals surface area contributed by atoms with Crippen LogP contribution in [0.25, 0.3) is 0 Å². The molecule has 2 aliphatic rings. The first-order chi connectivity index (χ1) is 12.5. The smallest absolute Gasteiger partial charge is 0.213 e. The molecule has 0 aromatic carbocycles. The minimum atomic E-state index is -3.36. The summed E-state index contributed by atoms with van der Waals surface area (Å²) in [6, 6.07) is 0.273. The Balaban J connectivity index is 0.00000364. The minimum absolute atomic E-state index is 0. The molecule has 1 heterocycles. The highest BCUT2D eigenvalue weighted by molar-refractivity contribution is 14.0. The van der Waals surface area contributed by atoms with Crippen LogP contribution in [0.1, 0.15) is 51.9 Å². The molecule has 1 aliphatic carbocycles. The van der Waals surface area contributed by atoms with Crippen LogP contribution in [0.15, 0.2) is 4.99 Å². The Bertz CT molecular complexity index is 533. The van der Waals surface area contributed by atoms with Crippen molar-refractivity contribution in [2.75, 3.05) is 32.0 Å². The van der Waals surface area contributed by atoms with Crippen LogP contribution in [0.2, 0.25) is 0 Å². The van der Waals surface area contributed by atoms with Crippen LogP contribution < -0.4 is 15.4 Å². The molecule has 0 radical (unpaired) electrons. The number of sulfonamides is 1. The van der Waals surface area contributed by atoms with Crippen molar-refractivity contribution in [2.45, 2.75) is 70.1 Å². The van der Waals surface area contributed by atoms with Crippen molar-refractivity contribution in [3.8, 4) is 0 Å². The fourth-order valence-electron chi connectivity index (χ4n) is 3.27. The molecule has 1 unspecified atom stereocenters. The van der Waals surface area contributed by atoms with Gasteiger partial charge in [-0.3, -0.25) is 4.99 Å². The van der Waals surface area contributed by atoms with E-state index < -0.39 is 10.0 Å². The Morgan fingerprint density at radius 2 is 1.93 bits per heavy atom. The van der Waals surface area contributed by atoms with Gasteiger partial charge < -0.3 is 20.5 Å². The van der Waals surface area contributed by atoms with Gasteiger partial charge >= 0.3 is 0 Å². The number of halogens is 1. The van der Waals surface area contributed by atoms with Gasteiger partial charge in [-0.05, 0) is 51.9 Å². The third kappa shape index (κ3) is 10.2. The summed E-state index contributed by atoms with van der Waals surface area (Å²) in [5.74, 6) is 0.597. The largest absolute Gasteiger partial charge is 0.393 e. The normalized spacial score (nSPS) is 26.9. The Labute approximate surface area is 180 Å². The average Bonchev–Trinajstić information content (AvgIpc) is 2.63. The fraction of sp³-hybridized carbons (Fsp3) is 0.941. The summed E-state index contributed by atoms with van der Waals surface area (Å²) in [5.41, 5.74) is 0. The van der Waals surface area contributed by atoms with E-state index in [-0.39, 0.29) is 54.5 Å². The first-order valence-electron chi connectivity index (χ1n) is 9.80. The number of hydrogen-bond acceptors (Lipinski definition) is 5. The molecule has 1 atom stereocenters. The molecule has 1 saturated carbocycles. The summed E-state index contributed by atoms with van der Waals surface area (Å²) in [7, 11) is -3.36. The summed E-state index contributed by atoms with van der Waals surface area (Å²) >= 11 is 0. The van der Waals surface area contributed by atoms with Crippen molar-refractivity contribution < 1.29 is 18.3 Å². The lowest BCUT2D eigenvalue weighted by atomic mass is 9.93. The van der Waals surface area contributed by atoms with Crippen LogP contribution in [0, 0.1) is 0 Å². The number of aliphatic hydroxyl groups is 1. The number of ether oxygens (including phenoxy) is 1. The second-order valence-corrected chi connectivity index (χ2v) is 8.99. The summed E-state index contributed by atoms with van der Waals surface area (Å²) in [5, 5.41) is 16.1. The van der Waals surface area contributed by atoms with E-state index in [0.29, 0.717) is 25.7 Å². The van der Waals surface area contributed by atoms with Crippen LogP contribution in [0.5, 0.6) is 0 Å². The molecule has 160 valence electrons. The highest BCUT2D eigenvalue weighted by atomic mass is 127. The van der Waals surface area contributed by atoms with Crippen LogP contribution in [-0.4, -0.2) is 69.7 Å². The summed E-state index contributed by atoms with van der Waals surface area (Å²) in [6.45, 7) is 3.95. The zero-order valence-corrected chi connectivity index (χ0v) is 19.3. The predicted molar refractivity (Wildman–Crippen MR) is 118 cm³/mol. The second kappa shape index (κ2) is 13.1. The second-order valence-electron chi connectivity index (χ2n) is 7.07. The third-order valence-electron chi connectivity index (χ3n) is 4.82. The quantitative estimate of drug-likeness (QED) is 0.216. The highest BCUT2D eigenvalue weighted by Crippen LogP contribution is 2.18.